The van der Waals surface area contributed by atoms with E-state index in [1.165, 1.54) is 34.1 Å². The molecule has 3 aromatic rings. The molecule has 0 unspecified atom stereocenters. The number of carbonyl (C=O) groups is 2. The summed E-state index contributed by atoms with van der Waals surface area (Å²) in [7, 11) is -4.22. The highest BCUT2D eigenvalue weighted by atomic mass is 35.5. The molecule has 0 spiro atoms. The first-order valence-electron chi connectivity index (χ1n) is 13.3. The zero-order valence-electron chi connectivity index (χ0n) is 24.1. The number of sulfonamides is 1. The molecule has 1 atom stereocenters. The number of aliphatic hydroxyl groups excluding tert-OH is 1. The smallest absolute Gasteiger partial charge is 0.410 e. The Bertz CT molecular complexity index is 1590. The summed E-state index contributed by atoms with van der Waals surface area (Å²) in [5.74, 6) is -0.693. The van der Waals surface area contributed by atoms with Gasteiger partial charge in [-0.2, -0.15) is 0 Å². The van der Waals surface area contributed by atoms with E-state index in [4.69, 9.17) is 16.3 Å². The third kappa shape index (κ3) is 7.18. The van der Waals surface area contributed by atoms with Gasteiger partial charge in [-0.25, -0.2) is 27.9 Å². The second kappa shape index (κ2) is 12.2. The van der Waals surface area contributed by atoms with Gasteiger partial charge in [0.15, 0.2) is 0 Å². The monoisotopic (exact) mass is 615 g/mol. The molecular formula is C29H34ClN5O6S. The van der Waals surface area contributed by atoms with Gasteiger partial charge in [-0.15, -0.1) is 0 Å². The number of aromatic nitrogens is 2. The van der Waals surface area contributed by atoms with Crippen LogP contribution >= 0.6 is 11.6 Å². The number of rotatable bonds is 6. The molecule has 0 saturated carbocycles. The maximum atomic E-state index is 13.4. The van der Waals surface area contributed by atoms with Gasteiger partial charge in [-0.3, -0.25) is 4.79 Å². The predicted octanol–water partition coefficient (Wildman–Crippen LogP) is 4.27. The van der Waals surface area contributed by atoms with Gasteiger partial charge in [-0.05, 0) is 63.9 Å². The van der Waals surface area contributed by atoms with E-state index in [1.54, 1.807) is 26.8 Å². The molecular weight excluding hydrogens is 582 g/mol. The van der Waals surface area contributed by atoms with Crippen molar-refractivity contribution in [2.24, 2.45) is 0 Å². The largest absolute Gasteiger partial charge is 0.444 e. The van der Waals surface area contributed by atoms with Crippen LogP contribution in [0.3, 0.4) is 0 Å². The number of aliphatic hydroxyl groups is 1. The van der Waals surface area contributed by atoms with Crippen LogP contribution in [0, 0.1) is 13.8 Å². The molecule has 4 rings (SSSR count). The van der Waals surface area contributed by atoms with Gasteiger partial charge in [0.2, 0.25) is 5.95 Å². The maximum absolute atomic E-state index is 13.4. The molecule has 1 fully saturated rings. The lowest BCUT2D eigenvalue weighted by atomic mass is 10.00. The van der Waals surface area contributed by atoms with Crippen LogP contribution in [0.1, 0.15) is 42.3 Å². The average Bonchev–Trinajstić information content (AvgIpc) is 2.91. The van der Waals surface area contributed by atoms with E-state index in [9.17, 15) is 23.1 Å². The normalized spacial score (nSPS) is 15.8. The number of hydrogen-bond acceptors (Lipinski definition) is 8. The van der Waals surface area contributed by atoms with Gasteiger partial charge in [0, 0.05) is 36.8 Å². The van der Waals surface area contributed by atoms with E-state index in [2.05, 4.69) is 14.7 Å². The number of halogens is 1. The first-order valence-corrected chi connectivity index (χ1v) is 15.2. The molecule has 224 valence electrons. The van der Waals surface area contributed by atoms with Crippen LogP contribution in [-0.4, -0.2) is 83.2 Å². The number of ether oxygens (including phenoxy) is 1. The Kier molecular flexibility index (Phi) is 9.09. The van der Waals surface area contributed by atoms with Crippen molar-refractivity contribution in [3.05, 3.63) is 70.4 Å². The fraction of sp³-hybridized carbons (Fsp3) is 0.379. The summed E-state index contributed by atoms with van der Waals surface area (Å²) in [6.45, 7) is 9.13. The fourth-order valence-corrected chi connectivity index (χ4v) is 5.90. The second-order valence-electron chi connectivity index (χ2n) is 11.1. The van der Waals surface area contributed by atoms with Crippen LogP contribution in [0.5, 0.6) is 0 Å². The Morgan fingerprint density at radius 1 is 1.07 bits per heavy atom. The molecule has 13 heteroatoms. The van der Waals surface area contributed by atoms with E-state index in [-0.39, 0.29) is 47.8 Å². The van der Waals surface area contributed by atoms with Crippen molar-refractivity contribution < 1.29 is 27.9 Å². The molecule has 2 aromatic carbocycles. The summed E-state index contributed by atoms with van der Waals surface area (Å²) in [5.41, 5.74) is 2.59. The van der Waals surface area contributed by atoms with Crippen molar-refractivity contribution in [2.45, 2.75) is 51.2 Å². The zero-order valence-corrected chi connectivity index (χ0v) is 25.7. The Labute approximate surface area is 250 Å². The first kappa shape index (κ1) is 31.2. The highest BCUT2D eigenvalue weighted by Crippen LogP contribution is 2.29. The third-order valence-corrected chi connectivity index (χ3v) is 8.17. The van der Waals surface area contributed by atoms with Crippen molar-refractivity contribution in [1.29, 1.82) is 0 Å². The van der Waals surface area contributed by atoms with Crippen LogP contribution in [0.4, 0.5) is 10.7 Å². The van der Waals surface area contributed by atoms with Crippen molar-refractivity contribution in [2.75, 3.05) is 31.0 Å². The number of aryl methyl sites for hydroxylation is 2. The highest BCUT2D eigenvalue weighted by Gasteiger charge is 2.34. The van der Waals surface area contributed by atoms with E-state index in [0.717, 1.165) is 16.7 Å². The molecule has 0 radical (unpaired) electrons. The summed E-state index contributed by atoms with van der Waals surface area (Å²) >= 11 is 6.23. The van der Waals surface area contributed by atoms with Crippen LogP contribution in [0.15, 0.2) is 53.4 Å². The van der Waals surface area contributed by atoms with Crippen LogP contribution in [0.2, 0.25) is 5.15 Å². The average molecular weight is 616 g/mol. The molecule has 1 aromatic heterocycles. The summed E-state index contributed by atoms with van der Waals surface area (Å²) in [4.78, 5) is 37.1. The Balaban J connectivity index is 1.54. The minimum absolute atomic E-state index is 0.0600. The lowest BCUT2D eigenvalue weighted by molar-refractivity contribution is -0.00243. The first-order chi connectivity index (χ1) is 19.7. The van der Waals surface area contributed by atoms with Crippen LogP contribution < -0.4 is 4.72 Å². The lowest BCUT2D eigenvalue weighted by Gasteiger charge is -2.41. The third-order valence-electron chi connectivity index (χ3n) is 6.66. The maximum Gasteiger partial charge on any atom is 0.410 e. The Morgan fingerprint density at radius 2 is 1.74 bits per heavy atom. The SMILES string of the molecule is Cc1cccc(C)c1-c1cc(Cl)nc(NS(=O)(=O)c2cccc(C(=O)N3CCN(C(=O)OC(C)(C)C)C[C@H]3CO)c2)n1. The van der Waals surface area contributed by atoms with E-state index < -0.39 is 33.7 Å². The van der Waals surface area contributed by atoms with Crippen molar-refractivity contribution in [1.82, 2.24) is 19.8 Å². The van der Waals surface area contributed by atoms with Gasteiger partial charge in [0.25, 0.3) is 15.9 Å². The summed E-state index contributed by atoms with van der Waals surface area (Å²) in [5, 5.41) is 10.1. The number of carbonyl (C=O) groups excluding carboxylic acids is 2. The number of nitrogens with one attached hydrogen (secondary N) is 1. The molecule has 2 heterocycles. The molecule has 42 heavy (non-hydrogen) atoms. The molecule has 11 nitrogen and oxygen atoms in total. The number of benzene rings is 2. The van der Waals surface area contributed by atoms with Gasteiger partial charge in [-0.1, -0.05) is 35.9 Å². The molecule has 2 N–H and O–H groups in total. The number of anilines is 1. The fourth-order valence-electron chi connectivity index (χ4n) is 4.72. The number of nitrogens with zero attached hydrogens (tertiary/aromatic N) is 4. The Morgan fingerprint density at radius 3 is 2.38 bits per heavy atom. The highest BCUT2D eigenvalue weighted by molar-refractivity contribution is 7.92. The molecule has 0 aliphatic carbocycles. The summed E-state index contributed by atoms with van der Waals surface area (Å²) in [6.07, 6.45) is -0.531. The van der Waals surface area contributed by atoms with Gasteiger partial charge in [0.1, 0.15) is 10.8 Å². The molecule has 0 bridgehead atoms. The minimum atomic E-state index is -4.22. The molecule has 1 aliphatic heterocycles. The van der Waals surface area contributed by atoms with Crippen molar-refractivity contribution >= 4 is 39.6 Å². The number of hydrogen-bond donors (Lipinski definition) is 2. The molecule has 1 saturated heterocycles. The van der Waals surface area contributed by atoms with Gasteiger partial charge >= 0.3 is 6.09 Å². The number of amides is 2. The second-order valence-corrected chi connectivity index (χ2v) is 13.1. The zero-order chi connectivity index (χ0) is 30.8. The standard InChI is InChI=1S/C29H34ClN5O6S/c1-18-8-6-9-19(2)25(18)23-15-24(30)32-27(31-23)33-42(39,40)22-11-7-10-20(14-22)26(37)35-13-12-34(16-21(35)17-36)28(38)41-29(3,4)5/h6-11,14-15,21,36H,12-13,16-17H2,1-5H3,(H,31,32,33)/t21-/m0/s1. The minimum Gasteiger partial charge on any atom is -0.444 e. The van der Waals surface area contributed by atoms with Gasteiger partial charge in [0.05, 0.1) is 23.2 Å². The summed E-state index contributed by atoms with van der Waals surface area (Å²) < 4.78 is 34.5. The van der Waals surface area contributed by atoms with Crippen molar-refractivity contribution in [3.63, 3.8) is 0 Å². The van der Waals surface area contributed by atoms with Crippen LogP contribution in [-0.2, 0) is 14.8 Å². The topological polar surface area (TPSA) is 142 Å². The van der Waals surface area contributed by atoms with E-state index >= 15 is 0 Å². The van der Waals surface area contributed by atoms with Crippen LogP contribution in [0.25, 0.3) is 11.3 Å². The van der Waals surface area contributed by atoms with Gasteiger partial charge < -0.3 is 19.6 Å². The quantitative estimate of drug-likeness (QED) is 0.392. The summed E-state index contributed by atoms with van der Waals surface area (Å²) in [6, 6.07) is 12.2. The molecule has 1 aliphatic rings. The van der Waals surface area contributed by atoms with E-state index in [1.807, 2.05) is 32.0 Å². The van der Waals surface area contributed by atoms with Crippen molar-refractivity contribution in [3.8, 4) is 11.3 Å². The van der Waals surface area contributed by atoms with E-state index in [0.29, 0.717) is 5.69 Å². The Hall–Kier alpha value is -3.74. The molecule has 2 amide bonds. The lowest BCUT2D eigenvalue weighted by Crippen LogP contribution is -2.58. The number of piperazine rings is 1. The predicted molar refractivity (Wildman–Crippen MR) is 159 cm³/mol.